The minimum atomic E-state index is 0.529. The van der Waals surface area contributed by atoms with Gasteiger partial charge in [0.05, 0.1) is 11.8 Å². The third kappa shape index (κ3) is 3.88. The van der Waals surface area contributed by atoms with Crippen molar-refractivity contribution in [1.29, 1.82) is 5.26 Å². The fourth-order valence-electron chi connectivity index (χ4n) is 2.36. The molecule has 0 saturated heterocycles. The number of ether oxygens (including phenoxy) is 1. The van der Waals surface area contributed by atoms with E-state index in [-0.39, 0.29) is 0 Å². The zero-order chi connectivity index (χ0) is 16.6. The van der Waals surface area contributed by atoms with Crippen molar-refractivity contribution < 1.29 is 4.74 Å². The third-order valence-corrected chi connectivity index (χ3v) is 3.56. The van der Waals surface area contributed by atoms with E-state index in [4.69, 9.17) is 10.00 Å². The van der Waals surface area contributed by atoms with Crippen molar-refractivity contribution >= 4 is 5.57 Å². The molecule has 2 aromatic carbocycles. The van der Waals surface area contributed by atoms with Crippen LogP contribution >= 0.6 is 0 Å². The van der Waals surface area contributed by atoms with Gasteiger partial charge < -0.3 is 4.74 Å². The van der Waals surface area contributed by atoms with Crippen molar-refractivity contribution in [3.63, 3.8) is 0 Å². The van der Waals surface area contributed by atoms with E-state index in [1.165, 1.54) is 6.08 Å². The highest BCUT2D eigenvalue weighted by molar-refractivity contribution is 5.79. The van der Waals surface area contributed by atoms with Crippen molar-refractivity contribution in [2.45, 2.75) is 6.61 Å². The summed E-state index contributed by atoms with van der Waals surface area (Å²) in [6, 6.07) is 25.5. The summed E-state index contributed by atoms with van der Waals surface area (Å²) in [5, 5.41) is 9.05. The molecular weight excluding hydrogens is 296 g/mol. The molecule has 3 nitrogen and oxygen atoms in total. The summed E-state index contributed by atoms with van der Waals surface area (Å²) in [6.07, 6.45) is 3.24. The summed E-state index contributed by atoms with van der Waals surface area (Å²) < 4.78 is 5.79. The maximum Gasteiger partial charge on any atom is 0.119 e. The highest BCUT2D eigenvalue weighted by Gasteiger charge is 2.06. The van der Waals surface area contributed by atoms with E-state index in [1.807, 2.05) is 72.8 Å². The highest BCUT2D eigenvalue weighted by Crippen LogP contribution is 2.24. The van der Waals surface area contributed by atoms with Crippen molar-refractivity contribution in [2.75, 3.05) is 0 Å². The zero-order valence-electron chi connectivity index (χ0n) is 13.1. The van der Waals surface area contributed by atoms with Crippen LogP contribution in [0.1, 0.15) is 16.8 Å². The van der Waals surface area contributed by atoms with Gasteiger partial charge in [0.1, 0.15) is 12.4 Å². The molecule has 3 heteroatoms. The van der Waals surface area contributed by atoms with Crippen LogP contribution in [0.5, 0.6) is 5.75 Å². The van der Waals surface area contributed by atoms with Gasteiger partial charge in [-0.05, 0) is 35.4 Å². The van der Waals surface area contributed by atoms with E-state index in [9.17, 15) is 0 Å². The second kappa shape index (κ2) is 7.75. The van der Waals surface area contributed by atoms with E-state index in [2.05, 4.69) is 11.1 Å². The monoisotopic (exact) mass is 312 g/mol. The van der Waals surface area contributed by atoms with Crippen LogP contribution in [0.3, 0.4) is 0 Å². The predicted octanol–water partition coefficient (Wildman–Crippen LogP) is 4.62. The quantitative estimate of drug-likeness (QED) is 0.646. The molecule has 0 fully saturated rings. The fraction of sp³-hybridized carbons (Fsp3) is 0.0476. The molecule has 0 aliphatic heterocycles. The number of nitriles is 1. The summed E-state index contributed by atoms with van der Waals surface area (Å²) >= 11 is 0. The number of rotatable bonds is 5. The molecule has 0 radical (unpaired) electrons. The molecule has 0 N–H and O–H groups in total. The normalized spacial score (nSPS) is 10.9. The second-order valence-electron chi connectivity index (χ2n) is 5.20. The molecule has 0 spiro atoms. The molecule has 0 aliphatic carbocycles. The molecule has 1 heterocycles. The topological polar surface area (TPSA) is 45.9 Å². The lowest BCUT2D eigenvalue weighted by Gasteiger charge is -2.09. The standard InChI is InChI=1S/C21H16N2O/c22-14-13-20(21-8-4-5-15-23-21)18-9-11-19(12-10-18)24-16-17-6-2-1-3-7-17/h1-13,15H,16H2/b20-13-. The molecule has 0 saturated carbocycles. The summed E-state index contributed by atoms with van der Waals surface area (Å²) in [5.74, 6) is 0.792. The summed E-state index contributed by atoms with van der Waals surface area (Å²) in [4.78, 5) is 4.32. The van der Waals surface area contributed by atoms with Crippen molar-refractivity contribution in [2.24, 2.45) is 0 Å². The Bertz CT molecular complexity index is 848. The predicted molar refractivity (Wildman–Crippen MR) is 94.1 cm³/mol. The van der Waals surface area contributed by atoms with Gasteiger partial charge in [-0.15, -0.1) is 0 Å². The number of allylic oxidation sites excluding steroid dienone is 1. The van der Waals surface area contributed by atoms with Gasteiger partial charge in [-0.1, -0.05) is 48.5 Å². The molecular formula is C21H16N2O. The average molecular weight is 312 g/mol. The lowest BCUT2D eigenvalue weighted by atomic mass is 10.0. The van der Waals surface area contributed by atoms with Crippen molar-refractivity contribution in [3.05, 3.63) is 102 Å². The molecule has 3 aromatic rings. The summed E-state index contributed by atoms with van der Waals surface area (Å²) in [5.41, 5.74) is 3.63. The first-order valence-electron chi connectivity index (χ1n) is 7.65. The molecule has 1 aromatic heterocycles. The van der Waals surface area contributed by atoms with E-state index in [0.717, 1.165) is 28.1 Å². The van der Waals surface area contributed by atoms with Crippen LogP contribution < -0.4 is 4.74 Å². The summed E-state index contributed by atoms with van der Waals surface area (Å²) in [6.45, 7) is 0.529. The van der Waals surface area contributed by atoms with E-state index in [1.54, 1.807) is 6.20 Å². The lowest BCUT2D eigenvalue weighted by molar-refractivity contribution is 0.306. The van der Waals surface area contributed by atoms with Crippen LogP contribution in [0.15, 0.2) is 85.1 Å². The van der Waals surface area contributed by atoms with Gasteiger partial charge >= 0.3 is 0 Å². The van der Waals surface area contributed by atoms with Crippen LogP contribution in [-0.4, -0.2) is 4.98 Å². The maximum atomic E-state index is 9.05. The Morgan fingerprint density at radius 2 is 1.71 bits per heavy atom. The molecule has 0 bridgehead atoms. The average Bonchev–Trinajstić information content (AvgIpc) is 2.66. The number of nitrogens with zero attached hydrogens (tertiary/aromatic N) is 2. The Morgan fingerprint density at radius 3 is 2.38 bits per heavy atom. The van der Waals surface area contributed by atoms with Gasteiger partial charge in [0.15, 0.2) is 0 Å². The largest absolute Gasteiger partial charge is 0.489 e. The lowest BCUT2D eigenvalue weighted by Crippen LogP contribution is -1.96. The Balaban J connectivity index is 1.76. The third-order valence-electron chi connectivity index (χ3n) is 3.56. The SMILES string of the molecule is N#C/C=C(/c1ccc(OCc2ccccc2)cc1)c1ccccn1. The Hall–Kier alpha value is -3.38. The molecule has 0 atom stereocenters. The van der Waals surface area contributed by atoms with Crippen LogP contribution in [0, 0.1) is 11.3 Å². The molecule has 116 valence electrons. The molecule has 0 aliphatic rings. The number of hydrogen-bond acceptors (Lipinski definition) is 3. The Labute approximate surface area is 141 Å². The van der Waals surface area contributed by atoms with E-state index in [0.29, 0.717) is 6.61 Å². The number of benzene rings is 2. The Kier molecular flexibility index (Phi) is 5.01. The van der Waals surface area contributed by atoms with E-state index >= 15 is 0 Å². The van der Waals surface area contributed by atoms with Gasteiger partial charge in [-0.3, -0.25) is 4.98 Å². The van der Waals surface area contributed by atoms with Gasteiger partial charge in [0, 0.05) is 17.8 Å². The minimum Gasteiger partial charge on any atom is -0.489 e. The second-order valence-corrected chi connectivity index (χ2v) is 5.20. The molecule has 0 unspecified atom stereocenters. The Morgan fingerprint density at radius 1 is 0.958 bits per heavy atom. The van der Waals surface area contributed by atoms with Gasteiger partial charge in [-0.25, -0.2) is 0 Å². The smallest absolute Gasteiger partial charge is 0.119 e. The van der Waals surface area contributed by atoms with Crippen LogP contribution in [0.4, 0.5) is 0 Å². The van der Waals surface area contributed by atoms with Gasteiger partial charge in [0.25, 0.3) is 0 Å². The van der Waals surface area contributed by atoms with E-state index < -0.39 is 0 Å². The maximum absolute atomic E-state index is 9.05. The van der Waals surface area contributed by atoms with Crippen LogP contribution in [-0.2, 0) is 6.61 Å². The summed E-state index contributed by atoms with van der Waals surface area (Å²) in [7, 11) is 0. The first-order valence-corrected chi connectivity index (χ1v) is 7.65. The number of aromatic nitrogens is 1. The van der Waals surface area contributed by atoms with Gasteiger partial charge in [-0.2, -0.15) is 5.26 Å². The van der Waals surface area contributed by atoms with Gasteiger partial charge in [0.2, 0.25) is 0 Å². The van der Waals surface area contributed by atoms with Crippen LogP contribution in [0.25, 0.3) is 5.57 Å². The van der Waals surface area contributed by atoms with Crippen LogP contribution in [0.2, 0.25) is 0 Å². The first-order chi connectivity index (χ1) is 11.9. The zero-order valence-corrected chi connectivity index (χ0v) is 13.1. The minimum absolute atomic E-state index is 0.529. The molecule has 3 rings (SSSR count). The fourth-order valence-corrected chi connectivity index (χ4v) is 2.36. The van der Waals surface area contributed by atoms with Crippen molar-refractivity contribution in [3.8, 4) is 11.8 Å². The highest BCUT2D eigenvalue weighted by atomic mass is 16.5. The number of pyridine rings is 1. The van der Waals surface area contributed by atoms with Crippen molar-refractivity contribution in [1.82, 2.24) is 4.98 Å². The molecule has 24 heavy (non-hydrogen) atoms. The first kappa shape index (κ1) is 15.5. The molecule has 0 amide bonds. The number of hydrogen-bond donors (Lipinski definition) is 0.